The molecule has 0 spiro atoms. The molecule has 168 valence electrons. The molecule has 2 saturated carbocycles. The molecule has 2 aliphatic rings. The van der Waals surface area contributed by atoms with Gasteiger partial charge in [0.05, 0.1) is 6.10 Å². The zero-order chi connectivity index (χ0) is 22.8. The lowest BCUT2D eigenvalue weighted by atomic mass is 9.51. The summed E-state index contributed by atoms with van der Waals surface area (Å²) in [5, 5.41) is 11.2. The Bertz CT molecular complexity index is 749. The van der Waals surface area contributed by atoms with Crippen molar-refractivity contribution in [1.29, 1.82) is 0 Å². The molecular weight excluding hydrogens is 380 g/mol. The molecule has 0 bridgehead atoms. The van der Waals surface area contributed by atoms with Gasteiger partial charge in [-0.1, -0.05) is 38.2 Å². The molecule has 0 aromatic rings. The lowest BCUT2D eigenvalue weighted by Gasteiger charge is -2.57. The molecule has 7 unspecified atom stereocenters. The van der Waals surface area contributed by atoms with Gasteiger partial charge in [0.2, 0.25) is 0 Å². The topological polar surface area (TPSA) is 72.8 Å². The summed E-state index contributed by atoms with van der Waals surface area (Å²) in [4.78, 5) is 24.9. The summed E-state index contributed by atoms with van der Waals surface area (Å²) in [6, 6.07) is 0. The first kappa shape index (κ1) is 24.4. The van der Waals surface area contributed by atoms with E-state index in [1.54, 1.807) is 32.9 Å². The van der Waals surface area contributed by atoms with E-state index < -0.39 is 18.2 Å². The minimum absolute atomic E-state index is 0.107. The Morgan fingerprint density at radius 1 is 1.03 bits per heavy atom. The highest BCUT2D eigenvalue weighted by Crippen LogP contribution is 2.57. The summed E-state index contributed by atoms with van der Waals surface area (Å²) in [6.45, 7) is 17.4. The second-order valence-electron chi connectivity index (χ2n) is 9.47. The van der Waals surface area contributed by atoms with Crippen molar-refractivity contribution in [3.8, 4) is 0 Å². The van der Waals surface area contributed by atoms with Gasteiger partial charge in [0.15, 0.2) is 0 Å². The van der Waals surface area contributed by atoms with E-state index in [1.807, 2.05) is 13.8 Å². The van der Waals surface area contributed by atoms with E-state index in [1.165, 1.54) is 0 Å². The van der Waals surface area contributed by atoms with E-state index in [0.717, 1.165) is 18.4 Å². The maximum atomic E-state index is 12.6. The fraction of sp³-hybridized carbons (Fsp3) is 0.680. The van der Waals surface area contributed by atoms with Crippen LogP contribution in [0.3, 0.4) is 0 Å². The highest BCUT2D eigenvalue weighted by atomic mass is 16.6. The molecule has 0 aromatic carbocycles. The van der Waals surface area contributed by atoms with Crippen LogP contribution in [0, 0.1) is 23.2 Å². The number of carbonyl (C=O) groups excluding carboxylic acids is 2. The van der Waals surface area contributed by atoms with Crippen LogP contribution in [-0.4, -0.2) is 35.4 Å². The lowest BCUT2D eigenvalue weighted by Crippen LogP contribution is -2.59. The van der Waals surface area contributed by atoms with Gasteiger partial charge in [-0.25, -0.2) is 9.59 Å². The Morgan fingerprint density at radius 2 is 1.57 bits per heavy atom. The molecule has 0 aliphatic heterocycles. The predicted octanol–water partition coefficient (Wildman–Crippen LogP) is 4.75. The van der Waals surface area contributed by atoms with Crippen LogP contribution in [0.5, 0.6) is 0 Å². The van der Waals surface area contributed by atoms with Crippen LogP contribution in [0.1, 0.15) is 67.7 Å². The minimum Gasteiger partial charge on any atom is -0.459 e. The highest BCUT2D eigenvalue weighted by molar-refractivity contribution is 5.88. The number of carbonyl (C=O) groups is 2. The van der Waals surface area contributed by atoms with Crippen LogP contribution >= 0.6 is 0 Å². The zero-order valence-corrected chi connectivity index (χ0v) is 19.5. The molecule has 2 rings (SSSR count). The standard InChI is InChI=1S/C25H38O5/c1-9-15(5)23(27)29-18-11-17(7)25(8)13-19(14(3)4)21(26)22(20(25)12-18)30-24(28)16(6)10-2/h9-10,17-22,26H,3,11-13H2,1-2,4-8H3/b15-9-,16-10-. The van der Waals surface area contributed by atoms with Gasteiger partial charge in [-0.15, -0.1) is 0 Å². The second kappa shape index (κ2) is 9.51. The molecule has 0 heterocycles. The number of aliphatic hydroxyl groups is 1. The van der Waals surface area contributed by atoms with Crippen molar-refractivity contribution in [2.45, 2.75) is 86.0 Å². The summed E-state index contributed by atoms with van der Waals surface area (Å²) in [5.41, 5.74) is 1.83. The fourth-order valence-corrected chi connectivity index (χ4v) is 5.01. The molecule has 1 N–H and O–H groups in total. The van der Waals surface area contributed by atoms with Crippen LogP contribution in [0.4, 0.5) is 0 Å². The number of rotatable bonds is 5. The summed E-state index contributed by atoms with van der Waals surface area (Å²) in [5.74, 6) is -0.736. The molecule has 5 nitrogen and oxygen atoms in total. The van der Waals surface area contributed by atoms with E-state index in [-0.39, 0.29) is 35.2 Å². The monoisotopic (exact) mass is 418 g/mol. The van der Waals surface area contributed by atoms with Crippen LogP contribution < -0.4 is 0 Å². The van der Waals surface area contributed by atoms with Crippen LogP contribution in [0.2, 0.25) is 0 Å². The molecule has 30 heavy (non-hydrogen) atoms. The van der Waals surface area contributed by atoms with E-state index >= 15 is 0 Å². The van der Waals surface area contributed by atoms with Gasteiger partial charge in [-0.05, 0) is 65.2 Å². The number of ether oxygens (including phenoxy) is 2. The number of fused-ring (bicyclic) bond motifs is 1. The van der Waals surface area contributed by atoms with Crippen molar-refractivity contribution < 1.29 is 24.2 Å². The summed E-state index contributed by atoms with van der Waals surface area (Å²) < 4.78 is 11.7. The van der Waals surface area contributed by atoms with Crippen LogP contribution in [-0.2, 0) is 19.1 Å². The normalized spacial score (nSPS) is 37.2. The Kier molecular flexibility index (Phi) is 7.73. The minimum atomic E-state index is -0.826. The van der Waals surface area contributed by atoms with Crippen molar-refractivity contribution in [1.82, 2.24) is 0 Å². The van der Waals surface area contributed by atoms with Crippen molar-refractivity contribution in [3.63, 3.8) is 0 Å². The van der Waals surface area contributed by atoms with Gasteiger partial charge in [-0.2, -0.15) is 0 Å². The Hall–Kier alpha value is -1.88. The number of hydrogen-bond donors (Lipinski definition) is 1. The van der Waals surface area contributed by atoms with Crippen LogP contribution in [0.15, 0.2) is 35.5 Å². The van der Waals surface area contributed by atoms with Gasteiger partial charge < -0.3 is 14.6 Å². The van der Waals surface area contributed by atoms with Crippen molar-refractivity contribution in [2.24, 2.45) is 23.2 Å². The number of aliphatic hydroxyl groups excluding tert-OH is 1. The first-order valence-electron chi connectivity index (χ1n) is 11.0. The van der Waals surface area contributed by atoms with Crippen molar-refractivity contribution in [2.75, 3.05) is 0 Å². The van der Waals surface area contributed by atoms with Crippen LogP contribution in [0.25, 0.3) is 0 Å². The van der Waals surface area contributed by atoms with Crippen molar-refractivity contribution in [3.05, 3.63) is 35.5 Å². The predicted molar refractivity (Wildman–Crippen MR) is 118 cm³/mol. The third-order valence-corrected chi connectivity index (χ3v) is 7.57. The molecule has 0 amide bonds. The van der Waals surface area contributed by atoms with E-state index in [9.17, 15) is 14.7 Å². The Balaban J connectivity index is 2.37. The average Bonchev–Trinajstić information content (AvgIpc) is 2.70. The lowest BCUT2D eigenvalue weighted by molar-refractivity contribution is -0.198. The van der Waals surface area contributed by atoms with Gasteiger partial charge >= 0.3 is 11.9 Å². The van der Waals surface area contributed by atoms with Gasteiger partial charge in [0, 0.05) is 23.0 Å². The molecule has 5 heteroatoms. The molecular formula is C25H38O5. The number of allylic oxidation sites excluding steroid dienone is 2. The van der Waals surface area contributed by atoms with E-state index in [0.29, 0.717) is 17.6 Å². The number of esters is 2. The number of hydrogen-bond acceptors (Lipinski definition) is 5. The van der Waals surface area contributed by atoms with Crippen molar-refractivity contribution >= 4 is 11.9 Å². The Labute approximate surface area is 181 Å². The van der Waals surface area contributed by atoms with Gasteiger partial charge in [0.25, 0.3) is 0 Å². The maximum Gasteiger partial charge on any atom is 0.333 e. The third kappa shape index (κ3) is 4.72. The smallest absolute Gasteiger partial charge is 0.333 e. The first-order chi connectivity index (χ1) is 14.0. The largest absolute Gasteiger partial charge is 0.459 e. The molecule has 2 aliphatic carbocycles. The maximum absolute atomic E-state index is 12.6. The molecule has 0 aromatic heterocycles. The summed E-state index contributed by atoms with van der Waals surface area (Å²) >= 11 is 0. The molecule has 0 radical (unpaired) electrons. The van der Waals surface area contributed by atoms with Gasteiger partial charge in [-0.3, -0.25) is 0 Å². The van der Waals surface area contributed by atoms with Gasteiger partial charge in [0.1, 0.15) is 12.2 Å². The molecule has 2 fully saturated rings. The quantitative estimate of drug-likeness (QED) is 0.396. The third-order valence-electron chi connectivity index (χ3n) is 7.57. The fourth-order valence-electron chi connectivity index (χ4n) is 5.01. The molecule has 7 atom stereocenters. The SMILES string of the molecule is C=C(C)C1CC2(C)C(C)CC(OC(=O)/C(C)=C\C)CC2C(OC(=O)/C(C)=C\C)C1O. The van der Waals surface area contributed by atoms with E-state index in [4.69, 9.17) is 9.47 Å². The summed E-state index contributed by atoms with van der Waals surface area (Å²) in [7, 11) is 0. The zero-order valence-electron chi connectivity index (χ0n) is 19.5. The highest BCUT2D eigenvalue weighted by Gasteiger charge is 2.57. The average molecular weight is 419 g/mol. The molecule has 0 saturated heterocycles. The van der Waals surface area contributed by atoms with E-state index in [2.05, 4.69) is 20.4 Å². The Morgan fingerprint density at radius 3 is 2.07 bits per heavy atom. The second-order valence-corrected chi connectivity index (χ2v) is 9.47. The summed E-state index contributed by atoms with van der Waals surface area (Å²) in [6.07, 6.45) is 3.79. The first-order valence-corrected chi connectivity index (χ1v) is 11.0.